The number of methoxy groups -OCH3 is 1. The third kappa shape index (κ3) is 6.01. The fourth-order valence-electron chi connectivity index (χ4n) is 0.830. The van der Waals surface area contributed by atoms with Crippen LogP contribution in [0.5, 0.6) is 0 Å². The van der Waals surface area contributed by atoms with Gasteiger partial charge in [-0.15, -0.1) is 0 Å². The van der Waals surface area contributed by atoms with Crippen LogP contribution in [0.3, 0.4) is 0 Å². The van der Waals surface area contributed by atoms with Gasteiger partial charge in [0.25, 0.3) is 0 Å². The molecular formula is C7H18N2O. The molecular weight excluding hydrogens is 128 g/mol. The minimum atomic E-state index is 0.252. The van der Waals surface area contributed by atoms with Gasteiger partial charge in [-0.3, -0.25) is 0 Å². The van der Waals surface area contributed by atoms with Gasteiger partial charge in [-0.05, 0) is 14.0 Å². The van der Waals surface area contributed by atoms with E-state index in [9.17, 15) is 0 Å². The standard InChI is InChI=1S/C7H18N2O/c1-7(8)6-9(2)4-5-10-3/h7H,4-6,8H2,1-3H3/t7-/m0/s1. The van der Waals surface area contributed by atoms with E-state index >= 15 is 0 Å². The topological polar surface area (TPSA) is 38.5 Å². The lowest BCUT2D eigenvalue weighted by molar-refractivity contribution is 0.159. The largest absolute Gasteiger partial charge is 0.383 e. The first-order valence-corrected chi connectivity index (χ1v) is 3.60. The number of hydrogen-bond acceptors (Lipinski definition) is 3. The summed E-state index contributed by atoms with van der Waals surface area (Å²) in [5.74, 6) is 0. The molecule has 0 aromatic heterocycles. The Hall–Kier alpha value is -0.120. The van der Waals surface area contributed by atoms with Gasteiger partial charge < -0.3 is 15.4 Å². The highest BCUT2D eigenvalue weighted by Gasteiger charge is 1.99. The average Bonchev–Trinajstić information content (AvgIpc) is 1.82. The second-order valence-corrected chi connectivity index (χ2v) is 2.73. The Labute approximate surface area is 63.1 Å². The summed E-state index contributed by atoms with van der Waals surface area (Å²) in [7, 11) is 3.75. The summed E-state index contributed by atoms with van der Waals surface area (Å²) in [6.45, 7) is 4.67. The maximum absolute atomic E-state index is 5.58. The van der Waals surface area contributed by atoms with Gasteiger partial charge in [-0.25, -0.2) is 0 Å². The van der Waals surface area contributed by atoms with E-state index in [-0.39, 0.29) is 6.04 Å². The molecule has 0 aliphatic carbocycles. The highest BCUT2D eigenvalue weighted by molar-refractivity contribution is 4.58. The highest BCUT2D eigenvalue weighted by atomic mass is 16.5. The first kappa shape index (κ1) is 9.88. The predicted molar refractivity (Wildman–Crippen MR) is 43.0 cm³/mol. The van der Waals surface area contributed by atoms with Crippen molar-refractivity contribution in [2.45, 2.75) is 13.0 Å². The zero-order valence-electron chi connectivity index (χ0n) is 7.13. The molecule has 10 heavy (non-hydrogen) atoms. The average molecular weight is 146 g/mol. The molecule has 0 saturated carbocycles. The summed E-state index contributed by atoms with van der Waals surface area (Å²) < 4.78 is 4.91. The molecule has 2 N–H and O–H groups in total. The van der Waals surface area contributed by atoms with Crippen molar-refractivity contribution in [1.82, 2.24) is 4.90 Å². The molecule has 0 saturated heterocycles. The summed E-state index contributed by atoms with van der Waals surface area (Å²) in [5.41, 5.74) is 5.58. The van der Waals surface area contributed by atoms with Crippen LogP contribution < -0.4 is 5.73 Å². The molecule has 0 bridgehead atoms. The lowest BCUT2D eigenvalue weighted by atomic mass is 10.3. The molecule has 0 fully saturated rings. The van der Waals surface area contributed by atoms with E-state index in [0.29, 0.717) is 0 Å². The molecule has 0 heterocycles. The Morgan fingerprint density at radius 1 is 1.60 bits per heavy atom. The lowest BCUT2D eigenvalue weighted by Crippen LogP contribution is -2.34. The van der Waals surface area contributed by atoms with E-state index in [1.54, 1.807) is 7.11 Å². The summed E-state index contributed by atoms with van der Waals surface area (Å²) in [4.78, 5) is 2.16. The van der Waals surface area contributed by atoms with Crippen LogP contribution in [-0.4, -0.2) is 44.8 Å². The predicted octanol–water partition coefficient (Wildman–Crippen LogP) is -0.0882. The molecule has 0 aromatic rings. The number of nitrogens with zero attached hydrogens (tertiary/aromatic N) is 1. The first-order chi connectivity index (χ1) is 4.66. The van der Waals surface area contributed by atoms with Crippen LogP contribution in [0.2, 0.25) is 0 Å². The zero-order chi connectivity index (χ0) is 7.98. The number of likely N-dealkylation sites (N-methyl/N-ethyl adjacent to an activating group) is 1. The van der Waals surface area contributed by atoms with E-state index in [0.717, 1.165) is 19.7 Å². The Morgan fingerprint density at radius 2 is 2.20 bits per heavy atom. The number of hydrogen-bond donors (Lipinski definition) is 1. The molecule has 3 heteroatoms. The van der Waals surface area contributed by atoms with E-state index < -0.39 is 0 Å². The van der Waals surface area contributed by atoms with Gasteiger partial charge in [-0.2, -0.15) is 0 Å². The van der Waals surface area contributed by atoms with Crippen molar-refractivity contribution in [3.05, 3.63) is 0 Å². The summed E-state index contributed by atoms with van der Waals surface area (Å²) in [5, 5.41) is 0. The van der Waals surface area contributed by atoms with Crippen molar-refractivity contribution in [1.29, 1.82) is 0 Å². The number of nitrogens with two attached hydrogens (primary N) is 1. The first-order valence-electron chi connectivity index (χ1n) is 3.60. The van der Waals surface area contributed by atoms with Crippen molar-refractivity contribution in [2.24, 2.45) is 5.73 Å². The molecule has 0 aliphatic rings. The fourth-order valence-corrected chi connectivity index (χ4v) is 0.830. The van der Waals surface area contributed by atoms with Crippen LogP contribution in [0.25, 0.3) is 0 Å². The van der Waals surface area contributed by atoms with Crippen LogP contribution >= 0.6 is 0 Å². The molecule has 1 atom stereocenters. The molecule has 0 aliphatic heterocycles. The molecule has 0 aromatic carbocycles. The second kappa shape index (κ2) is 5.65. The van der Waals surface area contributed by atoms with Crippen molar-refractivity contribution in [3.63, 3.8) is 0 Å². The maximum atomic E-state index is 5.58. The van der Waals surface area contributed by atoms with E-state index in [1.165, 1.54) is 0 Å². The Morgan fingerprint density at radius 3 is 2.60 bits per heavy atom. The highest BCUT2D eigenvalue weighted by Crippen LogP contribution is 1.84. The Balaban J connectivity index is 3.16. The Kier molecular flexibility index (Phi) is 5.58. The van der Waals surface area contributed by atoms with Crippen molar-refractivity contribution in [3.8, 4) is 0 Å². The molecule has 0 unspecified atom stereocenters. The van der Waals surface area contributed by atoms with Crippen LogP contribution in [0.4, 0.5) is 0 Å². The molecule has 0 amide bonds. The van der Waals surface area contributed by atoms with E-state index in [1.807, 2.05) is 14.0 Å². The van der Waals surface area contributed by atoms with Crippen LogP contribution in [0.15, 0.2) is 0 Å². The fraction of sp³-hybridized carbons (Fsp3) is 1.00. The smallest absolute Gasteiger partial charge is 0.0589 e. The van der Waals surface area contributed by atoms with Gasteiger partial charge in [0.2, 0.25) is 0 Å². The molecule has 0 spiro atoms. The normalized spacial score (nSPS) is 14.1. The van der Waals surface area contributed by atoms with Crippen molar-refractivity contribution in [2.75, 3.05) is 33.9 Å². The zero-order valence-corrected chi connectivity index (χ0v) is 7.13. The third-order valence-electron chi connectivity index (χ3n) is 1.28. The van der Waals surface area contributed by atoms with Crippen LogP contribution in [0, 0.1) is 0 Å². The minimum Gasteiger partial charge on any atom is -0.383 e. The third-order valence-corrected chi connectivity index (χ3v) is 1.28. The van der Waals surface area contributed by atoms with Gasteiger partial charge >= 0.3 is 0 Å². The van der Waals surface area contributed by atoms with Crippen LogP contribution in [0.1, 0.15) is 6.92 Å². The molecule has 3 nitrogen and oxygen atoms in total. The number of rotatable bonds is 5. The number of ether oxygens (including phenoxy) is 1. The quantitative estimate of drug-likeness (QED) is 0.589. The Bertz CT molecular complexity index is 76.0. The van der Waals surface area contributed by atoms with Gasteiger partial charge in [0, 0.05) is 26.2 Å². The SMILES string of the molecule is COCCN(C)C[C@H](C)N. The van der Waals surface area contributed by atoms with E-state index in [4.69, 9.17) is 10.5 Å². The monoisotopic (exact) mass is 146 g/mol. The minimum absolute atomic E-state index is 0.252. The van der Waals surface area contributed by atoms with Gasteiger partial charge in [0.05, 0.1) is 6.61 Å². The lowest BCUT2D eigenvalue weighted by Gasteiger charge is -2.17. The summed E-state index contributed by atoms with van der Waals surface area (Å²) >= 11 is 0. The van der Waals surface area contributed by atoms with Gasteiger partial charge in [0.15, 0.2) is 0 Å². The van der Waals surface area contributed by atoms with Crippen molar-refractivity contribution < 1.29 is 4.74 Å². The van der Waals surface area contributed by atoms with E-state index in [2.05, 4.69) is 4.90 Å². The molecule has 0 radical (unpaired) electrons. The molecule has 0 rings (SSSR count). The van der Waals surface area contributed by atoms with Gasteiger partial charge in [0.1, 0.15) is 0 Å². The van der Waals surface area contributed by atoms with Gasteiger partial charge in [-0.1, -0.05) is 0 Å². The second-order valence-electron chi connectivity index (χ2n) is 2.73. The van der Waals surface area contributed by atoms with Crippen molar-refractivity contribution >= 4 is 0 Å². The summed E-state index contributed by atoms with van der Waals surface area (Å²) in [6, 6.07) is 0.252. The summed E-state index contributed by atoms with van der Waals surface area (Å²) in [6.07, 6.45) is 0. The molecule has 62 valence electrons. The maximum Gasteiger partial charge on any atom is 0.0589 e. The van der Waals surface area contributed by atoms with Crippen LogP contribution in [-0.2, 0) is 4.74 Å².